The lowest BCUT2D eigenvalue weighted by Crippen LogP contribution is -2.44. The van der Waals surface area contributed by atoms with Gasteiger partial charge in [-0.3, -0.25) is 9.59 Å². The van der Waals surface area contributed by atoms with E-state index in [0.717, 1.165) is 0 Å². The first-order chi connectivity index (χ1) is 16.7. The average Bonchev–Trinajstić information content (AvgIpc) is 2.84. The number of hydrogen-bond acceptors (Lipinski definition) is 5. The van der Waals surface area contributed by atoms with Gasteiger partial charge < -0.3 is 15.4 Å². The summed E-state index contributed by atoms with van der Waals surface area (Å²) in [5.74, 6) is -0.878. The molecule has 0 saturated heterocycles. The maximum absolute atomic E-state index is 13.2. The maximum Gasteiger partial charge on any atom is 0.245 e. The van der Waals surface area contributed by atoms with Gasteiger partial charge in [-0.15, -0.1) is 0 Å². The van der Waals surface area contributed by atoms with Crippen molar-refractivity contribution in [2.75, 3.05) is 17.7 Å². The number of para-hydroxylation sites is 2. The molecule has 0 aliphatic carbocycles. The van der Waals surface area contributed by atoms with E-state index in [1.807, 2.05) is 6.07 Å². The van der Waals surface area contributed by atoms with Crippen LogP contribution in [0.4, 0.5) is 11.4 Å². The minimum atomic E-state index is -4.24. The lowest BCUT2D eigenvalue weighted by Gasteiger charge is -2.20. The van der Waals surface area contributed by atoms with Crippen LogP contribution in [0.2, 0.25) is 5.02 Å². The van der Waals surface area contributed by atoms with Crippen molar-refractivity contribution in [3.8, 4) is 5.75 Å². The number of carbonyl (C=O) groups excluding carboxylic acids is 2. The number of rotatable bonds is 10. The Morgan fingerprint density at radius 2 is 1.51 bits per heavy atom. The largest absolute Gasteiger partial charge is 0.495 e. The molecule has 3 rings (SSSR count). The van der Waals surface area contributed by atoms with Crippen molar-refractivity contribution in [2.45, 2.75) is 30.7 Å². The fourth-order valence-corrected chi connectivity index (χ4v) is 4.91. The molecule has 0 saturated carbocycles. The van der Waals surface area contributed by atoms with Gasteiger partial charge in [-0.05, 0) is 55.3 Å². The van der Waals surface area contributed by atoms with E-state index >= 15 is 0 Å². The highest BCUT2D eigenvalue weighted by Crippen LogP contribution is 2.30. The van der Waals surface area contributed by atoms with Crippen LogP contribution in [0.5, 0.6) is 5.75 Å². The van der Waals surface area contributed by atoms with Crippen LogP contribution < -0.4 is 20.1 Å². The summed E-state index contributed by atoms with van der Waals surface area (Å²) in [6.07, 6.45) is -0.186. The highest BCUT2D eigenvalue weighted by molar-refractivity contribution is 7.89. The third-order valence-electron chi connectivity index (χ3n) is 5.11. The van der Waals surface area contributed by atoms with E-state index in [4.69, 9.17) is 16.3 Å². The number of benzene rings is 3. The minimum absolute atomic E-state index is 0.0848. The van der Waals surface area contributed by atoms with Crippen molar-refractivity contribution in [3.63, 3.8) is 0 Å². The van der Waals surface area contributed by atoms with Gasteiger partial charge in [-0.25, -0.2) is 8.42 Å². The Morgan fingerprint density at radius 1 is 0.943 bits per heavy atom. The average molecular weight is 516 g/mol. The van der Waals surface area contributed by atoms with Crippen LogP contribution in [-0.4, -0.2) is 33.4 Å². The van der Waals surface area contributed by atoms with E-state index in [1.54, 1.807) is 61.5 Å². The fraction of sp³-hybridized carbons (Fsp3) is 0.200. The first kappa shape index (κ1) is 26.2. The molecule has 8 nitrogen and oxygen atoms in total. The van der Waals surface area contributed by atoms with E-state index in [0.29, 0.717) is 16.9 Å². The molecule has 2 amide bonds. The number of nitrogens with one attached hydrogen (secondary N) is 3. The van der Waals surface area contributed by atoms with Gasteiger partial charge in [-0.1, -0.05) is 48.0 Å². The molecule has 0 spiro atoms. The van der Waals surface area contributed by atoms with Crippen molar-refractivity contribution >= 4 is 44.8 Å². The zero-order valence-electron chi connectivity index (χ0n) is 19.2. The molecule has 35 heavy (non-hydrogen) atoms. The SMILES string of the molecule is COc1cc(C)c(Cl)cc1S(=O)(=O)N[C@@H](CCC(=O)Nc1ccccc1)C(=O)Nc1ccccc1. The molecule has 10 heteroatoms. The van der Waals surface area contributed by atoms with Crippen LogP contribution in [0.1, 0.15) is 18.4 Å². The minimum Gasteiger partial charge on any atom is -0.495 e. The molecule has 0 heterocycles. The summed E-state index contributed by atoms with van der Waals surface area (Å²) >= 11 is 6.15. The fourth-order valence-electron chi connectivity index (χ4n) is 3.27. The Kier molecular flexibility index (Phi) is 8.86. The number of hydrogen-bond donors (Lipinski definition) is 3. The van der Waals surface area contributed by atoms with Crippen molar-refractivity contribution in [1.82, 2.24) is 4.72 Å². The lowest BCUT2D eigenvalue weighted by atomic mass is 10.1. The quantitative estimate of drug-likeness (QED) is 0.371. The van der Waals surface area contributed by atoms with Crippen molar-refractivity contribution in [2.24, 2.45) is 0 Å². The summed E-state index contributed by atoms with van der Waals surface area (Å²) in [6.45, 7) is 1.72. The van der Waals surface area contributed by atoms with Gasteiger partial charge in [-0.2, -0.15) is 4.72 Å². The summed E-state index contributed by atoms with van der Waals surface area (Å²) in [5, 5.41) is 5.65. The molecule has 0 aliphatic heterocycles. The third-order valence-corrected chi connectivity index (χ3v) is 7.01. The monoisotopic (exact) mass is 515 g/mol. The number of methoxy groups -OCH3 is 1. The van der Waals surface area contributed by atoms with Gasteiger partial charge in [0.05, 0.1) is 7.11 Å². The summed E-state index contributed by atoms with van der Waals surface area (Å²) in [5.41, 5.74) is 1.73. The third kappa shape index (κ3) is 7.29. The zero-order valence-corrected chi connectivity index (χ0v) is 20.8. The summed E-state index contributed by atoms with van der Waals surface area (Å²) < 4.78 is 34.1. The first-order valence-corrected chi connectivity index (χ1v) is 12.6. The molecule has 0 radical (unpaired) electrons. The molecule has 3 aromatic carbocycles. The van der Waals surface area contributed by atoms with Gasteiger partial charge in [0.25, 0.3) is 0 Å². The molecule has 0 fully saturated rings. The second-order valence-corrected chi connectivity index (χ2v) is 9.82. The van der Waals surface area contributed by atoms with E-state index in [2.05, 4.69) is 15.4 Å². The van der Waals surface area contributed by atoms with E-state index in [9.17, 15) is 18.0 Å². The summed E-state index contributed by atoms with van der Waals surface area (Å²) in [6, 6.07) is 19.0. The standard InChI is InChI=1S/C25H26ClN3O5S/c1-17-15-22(34-2)23(16-20(17)26)35(32,33)29-21(25(31)28-19-11-7-4-8-12-19)13-14-24(30)27-18-9-5-3-6-10-18/h3-12,15-16,21,29H,13-14H2,1-2H3,(H,27,30)(H,28,31)/t21-/m0/s1. The van der Waals surface area contributed by atoms with Crippen molar-refractivity contribution < 1.29 is 22.7 Å². The Balaban J connectivity index is 1.82. The molecular weight excluding hydrogens is 490 g/mol. The van der Waals surface area contributed by atoms with Gasteiger partial charge in [0.2, 0.25) is 21.8 Å². The first-order valence-electron chi connectivity index (χ1n) is 10.8. The maximum atomic E-state index is 13.2. The number of aryl methyl sites for hydroxylation is 1. The van der Waals surface area contributed by atoms with E-state index in [-0.39, 0.29) is 34.4 Å². The van der Waals surface area contributed by atoms with Crippen LogP contribution in [-0.2, 0) is 19.6 Å². The molecule has 0 aromatic heterocycles. The smallest absolute Gasteiger partial charge is 0.245 e. The number of sulfonamides is 1. The van der Waals surface area contributed by atoms with Crippen LogP contribution >= 0.6 is 11.6 Å². The molecule has 0 aliphatic rings. The molecule has 3 aromatic rings. The molecule has 1 atom stereocenters. The number of halogens is 1. The summed E-state index contributed by atoms with van der Waals surface area (Å²) in [7, 11) is -2.90. The highest BCUT2D eigenvalue weighted by Gasteiger charge is 2.29. The Morgan fingerprint density at radius 3 is 2.09 bits per heavy atom. The Labute approximate surface area is 209 Å². The van der Waals surface area contributed by atoms with E-state index < -0.39 is 22.0 Å². The van der Waals surface area contributed by atoms with Gasteiger partial charge in [0.1, 0.15) is 16.7 Å². The second-order valence-electron chi connectivity index (χ2n) is 7.73. The zero-order chi connectivity index (χ0) is 25.4. The predicted molar refractivity (Wildman–Crippen MR) is 136 cm³/mol. The van der Waals surface area contributed by atoms with Crippen molar-refractivity contribution in [1.29, 1.82) is 0 Å². The number of ether oxygens (including phenoxy) is 1. The molecule has 3 N–H and O–H groups in total. The van der Waals surface area contributed by atoms with Gasteiger partial charge in [0, 0.05) is 22.8 Å². The predicted octanol–water partition coefficient (Wildman–Crippen LogP) is 4.36. The molecule has 0 bridgehead atoms. The Hall–Kier alpha value is -3.40. The van der Waals surface area contributed by atoms with Crippen LogP contribution in [0, 0.1) is 6.92 Å². The lowest BCUT2D eigenvalue weighted by molar-refractivity contribution is -0.118. The topological polar surface area (TPSA) is 114 Å². The van der Waals surface area contributed by atoms with E-state index in [1.165, 1.54) is 19.2 Å². The van der Waals surface area contributed by atoms with Crippen LogP contribution in [0.3, 0.4) is 0 Å². The molecule has 184 valence electrons. The number of amides is 2. The Bertz CT molecular complexity index is 1290. The van der Waals surface area contributed by atoms with Gasteiger partial charge in [0.15, 0.2) is 0 Å². The van der Waals surface area contributed by atoms with Gasteiger partial charge >= 0.3 is 0 Å². The highest BCUT2D eigenvalue weighted by atomic mass is 35.5. The summed E-state index contributed by atoms with van der Waals surface area (Å²) in [4.78, 5) is 25.3. The molecule has 0 unspecified atom stereocenters. The van der Waals surface area contributed by atoms with Crippen LogP contribution in [0.15, 0.2) is 77.7 Å². The number of carbonyl (C=O) groups is 2. The van der Waals surface area contributed by atoms with Crippen molar-refractivity contribution in [3.05, 3.63) is 83.4 Å². The normalized spacial score (nSPS) is 12.0. The van der Waals surface area contributed by atoms with Crippen LogP contribution in [0.25, 0.3) is 0 Å². The molecular formula is C25H26ClN3O5S. The second kappa shape index (κ2) is 11.8. The number of anilines is 2.